The summed E-state index contributed by atoms with van der Waals surface area (Å²) in [4.78, 5) is 14.9. The van der Waals surface area contributed by atoms with E-state index >= 15 is 0 Å². The molecule has 2 aromatic rings. The van der Waals surface area contributed by atoms with Crippen LogP contribution in [0.25, 0.3) is 0 Å². The van der Waals surface area contributed by atoms with Gasteiger partial charge in [0.15, 0.2) is 11.5 Å². The summed E-state index contributed by atoms with van der Waals surface area (Å²) < 4.78 is 37.9. The second-order valence-electron chi connectivity index (χ2n) is 7.40. The van der Waals surface area contributed by atoms with E-state index < -0.39 is 10.0 Å². The molecular formula is C22H28N2O5S. The van der Waals surface area contributed by atoms with Crippen molar-refractivity contribution >= 4 is 15.9 Å². The molecule has 3 rings (SSSR count). The topological polar surface area (TPSA) is 76.2 Å². The first-order valence-corrected chi connectivity index (χ1v) is 11.3. The van der Waals surface area contributed by atoms with Crippen molar-refractivity contribution in [3.63, 3.8) is 0 Å². The van der Waals surface area contributed by atoms with E-state index in [4.69, 9.17) is 9.47 Å². The van der Waals surface area contributed by atoms with Gasteiger partial charge in [-0.1, -0.05) is 24.3 Å². The SMILES string of the molecule is COc1ccc(CN(C)C(=O)[C@@H]2CCCN(S(=O)(=O)c3ccccc3)C2)cc1OC. The molecule has 0 bridgehead atoms. The minimum absolute atomic E-state index is 0.0576. The standard InChI is InChI=1S/C22H28N2O5S/c1-23(15-17-11-12-20(28-2)21(14-17)29-3)22(25)18-8-7-13-24(16-18)30(26,27)19-9-5-4-6-10-19/h4-6,9-12,14,18H,7-8,13,15-16H2,1-3H3/t18-/m1/s1. The third kappa shape index (κ3) is 4.76. The summed E-state index contributed by atoms with van der Waals surface area (Å²) in [5.41, 5.74) is 0.910. The first-order chi connectivity index (χ1) is 14.4. The molecule has 1 fully saturated rings. The van der Waals surface area contributed by atoms with Gasteiger partial charge in [0.05, 0.1) is 25.0 Å². The molecule has 1 saturated heterocycles. The fourth-order valence-electron chi connectivity index (χ4n) is 3.75. The minimum atomic E-state index is -3.60. The van der Waals surface area contributed by atoms with Crippen molar-refractivity contribution in [2.75, 3.05) is 34.4 Å². The largest absolute Gasteiger partial charge is 0.493 e. The molecule has 0 aliphatic carbocycles. The molecule has 1 atom stereocenters. The van der Waals surface area contributed by atoms with Crippen LogP contribution in [-0.4, -0.2) is 57.9 Å². The second-order valence-corrected chi connectivity index (χ2v) is 9.34. The van der Waals surface area contributed by atoms with Gasteiger partial charge in [0.1, 0.15) is 0 Å². The smallest absolute Gasteiger partial charge is 0.243 e. The molecule has 0 unspecified atom stereocenters. The van der Waals surface area contributed by atoms with Crippen molar-refractivity contribution in [3.05, 3.63) is 54.1 Å². The molecule has 2 aromatic carbocycles. The lowest BCUT2D eigenvalue weighted by atomic mass is 9.98. The highest BCUT2D eigenvalue weighted by Gasteiger charge is 2.34. The summed E-state index contributed by atoms with van der Waals surface area (Å²) in [6.45, 7) is 1.04. The van der Waals surface area contributed by atoms with E-state index in [1.165, 1.54) is 4.31 Å². The fourth-order valence-corrected chi connectivity index (χ4v) is 5.29. The number of methoxy groups -OCH3 is 2. The van der Waals surface area contributed by atoms with Gasteiger partial charge in [0, 0.05) is 26.7 Å². The number of ether oxygens (including phenoxy) is 2. The van der Waals surface area contributed by atoms with Crippen LogP contribution in [0.2, 0.25) is 0 Å². The fraction of sp³-hybridized carbons (Fsp3) is 0.409. The van der Waals surface area contributed by atoms with Crippen molar-refractivity contribution < 1.29 is 22.7 Å². The van der Waals surface area contributed by atoms with Crippen molar-refractivity contribution in [2.45, 2.75) is 24.3 Å². The maximum absolute atomic E-state index is 13.0. The summed E-state index contributed by atoms with van der Waals surface area (Å²) in [6.07, 6.45) is 1.34. The average Bonchev–Trinajstić information content (AvgIpc) is 2.79. The Bertz CT molecular complexity index is 978. The maximum atomic E-state index is 13.0. The predicted molar refractivity (Wildman–Crippen MR) is 114 cm³/mol. The first-order valence-electron chi connectivity index (χ1n) is 9.88. The summed E-state index contributed by atoms with van der Waals surface area (Å²) >= 11 is 0. The van der Waals surface area contributed by atoms with Gasteiger partial charge in [-0.2, -0.15) is 4.31 Å². The van der Waals surface area contributed by atoms with Gasteiger partial charge in [-0.25, -0.2) is 8.42 Å². The Balaban J connectivity index is 1.69. The number of sulfonamides is 1. The van der Waals surface area contributed by atoms with E-state index in [1.54, 1.807) is 62.6 Å². The number of hydrogen-bond acceptors (Lipinski definition) is 5. The lowest BCUT2D eigenvalue weighted by Gasteiger charge is -2.33. The summed E-state index contributed by atoms with van der Waals surface area (Å²) in [6, 6.07) is 13.9. The first kappa shape index (κ1) is 22.1. The molecule has 1 amide bonds. The molecule has 1 aliphatic rings. The van der Waals surface area contributed by atoms with Gasteiger partial charge in [0.25, 0.3) is 0 Å². The molecule has 1 aliphatic heterocycles. The van der Waals surface area contributed by atoms with Gasteiger partial charge in [0.2, 0.25) is 15.9 Å². The Labute approximate surface area is 178 Å². The molecule has 0 spiro atoms. The molecule has 0 radical (unpaired) electrons. The van der Waals surface area contributed by atoms with Crippen molar-refractivity contribution in [3.8, 4) is 11.5 Å². The van der Waals surface area contributed by atoms with Crippen LogP contribution in [0.1, 0.15) is 18.4 Å². The van der Waals surface area contributed by atoms with Crippen LogP contribution in [0.15, 0.2) is 53.4 Å². The van der Waals surface area contributed by atoms with Crippen LogP contribution in [0.4, 0.5) is 0 Å². The number of carbonyl (C=O) groups is 1. The van der Waals surface area contributed by atoms with Crippen LogP contribution in [-0.2, 0) is 21.4 Å². The average molecular weight is 433 g/mol. The van der Waals surface area contributed by atoms with Gasteiger partial charge in [-0.05, 0) is 42.7 Å². The van der Waals surface area contributed by atoms with E-state index in [2.05, 4.69) is 0 Å². The number of nitrogens with zero attached hydrogens (tertiary/aromatic N) is 2. The normalized spacial score (nSPS) is 17.4. The lowest BCUT2D eigenvalue weighted by Crippen LogP contribution is -2.45. The number of carbonyl (C=O) groups excluding carboxylic acids is 1. The molecule has 0 N–H and O–H groups in total. The number of hydrogen-bond donors (Lipinski definition) is 0. The van der Waals surface area contributed by atoms with Crippen LogP contribution < -0.4 is 9.47 Å². The quantitative estimate of drug-likeness (QED) is 0.673. The molecule has 30 heavy (non-hydrogen) atoms. The molecule has 7 nitrogen and oxygen atoms in total. The van der Waals surface area contributed by atoms with Crippen molar-refractivity contribution in [1.82, 2.24) is 9.21 Å². The summed E-state index contributed by atoms with van der Waals surface area (Å²) in [5, 5.41) is 0. The maximum Gasteiger partial charge on any atom is 0.243 e. The molecule has 1 heterocycles. The van der Waals surface area contributed by atoms with E-state index in [0.29, 0.717) is 37.4 Å². The van der Waals surface area contributed by atoms with Crippen LogP contribution in [0.5, 0.6) is 11.5 Å². The van der Waals surface area contributed by atoms with Crippen LogP contribution in [0, 0.1) is 5.92 Å². The van der Waals surface area contributed by atoms with Crippen molar-refractivity contribution in [1.29, 1.82) is 0 Å². The molecule has 162 valence electrons. The number of piperidine rings is 1. The lowest BCUT2D eigenvalue weighted by molar-refractivity contribution is -0.135. The second kappa shape index (κ2) is 9.49. The van der Waals surface area contributed by atoms with Gasteiger partial charge in [-0.15, -0.1) is 0 Å². The van der Waals surface area contributed by atoms with Crippen LogP contribution in [0.3, 0.4) is 0 Å². The third-order valence-corrected chi connectivity index (χ3v) is 7.24. The van der Waals surface area contributed by atoms with Crippen molar-refractivity contribution in [2.24, 2.45) is 5.92 Å². The Morgan fingerprint density at radius 2 is 1.80 bits per heavy atom. The van der Waals surface area contributed by atoms with Crippen LogP contribution >= 0.6 is 0 Å². The zero-order chi connectivity index (χ0) is 21.7. The van der Waals surface area contributed by atoms with Gasteiger partial charge < -0.3 is 14.4 Å². The highest BCUT2D eigenvalue weighted by atomic mass is 32.2. The van der Waals surface area contributed by atoms with E-state index in [1.807, 2.05) is 12.1 Å². The Hall–Kier alpha value is -2.58. The van der Waals surface area contributed by atoms with E-state index in [-0.39, 0.29) is 23.3 Å². The summed E-state index contributed by atoms with van der Waals surface area (Å²) in [5.74, 6) is 0.818. The number of benzene rings is 2. The zero-order valence-corrected chi connectivity index (χ0v) is 18.4. The Kier molecular flexibility index (Phi) is 6.99. The highest BCUT2D eigenvalue weighted by molar-refractivity contribution is 7.89. The minimum Gasteiger partial charge on any atom is -0.493 e. The Morgan fingerprint density at radius 1 is 1.10 bits per heavy atom. The molecule has 0 aromatic heterocycles. The third-order valence-electron chi connectivity index (χ3n) is 5.36. The molecule has 0 saturated carbocycles. The van der Waals surface area contributed by atoms with E-state index in [0.717, 1.165) is 5.56 Å². The summed E-state index contributed by atoms with van der Waals surface area (Å²) in [7, 11) is 1.29. The monoisotopic (exact) mass is 432 g/mol. The number of amides is 1. The molecule has 8 heteroatoms. The predicted octanol–water partition coefficient (Wildman–Crippen LogP) is 2.76. The molecular weight excluding hydrogens is 404 g/mol. The van der Waals surface area contributed by atoms with Gasteiger partial charge >= 0.3 is 0 Å². The number of rotatable bonds is 7. The Morgan fingerprint density at radius 3 is 2.47 bits per heavy atom. The highest BCUT2D eigenvalue weighted by Crippen LogP contribution is 2.29. The van der Waals surface area contributed by atoms with Gasteiger partial charge in [-0.3, -0.25) is 4.79 Å². The zero-order valence-electron chi connectivity index (χ0n) is 17.6. The van der Waals surface area contributed by atoms with E-state index in [9.17, 15) is 13.2 Å².